The highest BCUT2D eigenvalue weighted by atomic mass is 32.1. The van der Waals surface area contributed by atoms with E-state index in [1.165, 1.54) is 17.4 Å². The van der Waals surface area contributed by atoms with E-state index >= 15 is 0 Å². The molecule has 0 bridgehead atoms. The van der Waals surface area contributed by atoms with Gasteiger partial charge in [0.05, 0.1) is 9.80 Å². The molecular formula is C12H9NO4S. The van der Waals surface area contributed by atoms with Crippen LogP contribution in [0.4, 0.5) is 5.69 Å². The molecule has 0 spiro atoms. The number of carbonyl (C=O) groups is 1. The molecule has 6 heteroatoms. The van der Waals surface area contributed by atoms with Crippen molar-refractivity contribution in [3.63, 3.8) is 0 Å². The maximum atomic E-state index is 10.9. The highest BCUT2D eigenvalue weighted by molar-refractivity contribution is 7.11. The Hall–Kier alpha value is -2.21. The van der Waals surface area contributed by atoms with Crippen molar-refractivity contribution < 1.29 is 14.5 Å². The minimum atomic E-state index is -0.491. The van der Waals surface area contributed by atoms with Crippen LogP contribution in [0.15, 0.2) is 29.6 Å². The maximum Gasteiger partial charge on any atom is 0.311 e. The first-order valence-electron chi connectivity index (χ1n) is 5.07. The Morgan fingerprint density at radius 1 is 1.44 bits per heavy atom. The fraction of sp³-hybridized carbons (Fsp3) is 0.0833. The SMILES string of the molecule is Cc1cccc([N+](=O)[O-])c1Oc1csc(C=O)c1. The summed E-state index contributed by atoms with van der Waals surface area (Å²) in [5, 5.41) is 12.5. The van der Waals surface area contributed by atoms with Crippen LogP contribution in [0.25, 0.3) is 0 Å². The first-order chi connectivity index (χ1) is 8.61. The van der Waals surface area contributed by atoms with Gasteiger partial charge in [0, 0.05) is 17.5 Å². The Balaban J connectivity index is 2.38. The molecule has 92 valence electrons. The van der Waals surface area contributed by atoms with Crippen LogP contribution in [0.1, 0.15) is 15.2 Å². The molecule has 18 heavy (non-hydrogen) atoms. The third-order valence-electron chi connectivity index (χ3n) is 2.32. The summed E-state index contributed by atoms with van der Waals surface area (Å²) in [6.07, 6.45) is 0.712. The average molecular weight is 263 g/mol. The molecule has 0 unspecified atom stereocenters. The number of nitro benzene ring substituents is 1. The Morgan fingerprint density at radius 3 is 2.83 bits per heavy atom. The molecule has 0 atom stereocenters. The van der Waals surface area contributed by atoms with Gasteiger partial charge in [0.1, 0.15) is 5.75 Å². The van der Waals surface area contributed by atoms with Gasteiger partial charge in [0.15, 0.2) is 6.29 Å². The number of para-hydroxylation sites is 1. The summed E-state index contributed by atoms with van der Waals surface area (Å²) in [7, 11) is 0. The van der Waals surface area contributed by atoms with Gasteiger partial charge in [0.25, 0.3) is 0 Å². The average Bonchev–Trinajstić information content (AvgIpc) is 2.79. The summed E-state index contributed by atoms with van der Waals surface area (Å²) in [6, 6.07) is 6.27. The number of aldehydes is 1. The largest absolute Gasteiger partial charge is 0.449 e. The van der Waals surface area contributed by atoms with E-state index in [4.69, 9.17) is 4.74 Å². The van der Waals surface area contributed by atoms with Gasteiger partial charge in [-0.05, 0) is 12.5 Å². The van der Waals surface area contributed by atoms with Crippen LogP contribution in [0.5, 0.6) is 11.5 Å². The second kappa shape index (κ2) is 4.97. The number of hydrogen-bond acceptors (Lipinski definition) is 5. The number of ether oxygens (including phenoxy) is 1. The number of carbonyl (C=O) groups excluding carboxylic acids is 1. The lowest BCUT2D eigenvalue weighted by Crippen LogP contribution is -1.94. The van der Waals surface area contributed by atoms with Gasteiger partial charge in [-0.3, -0.25) is 14.9 Å². The number of benzene rings is 1. The van der Waals surface area contributed by atoms with Crippen molar-refractivity contribution in [2.75, 3.05) is 0 Å². The van der Waals surface area contributed by atoms with E-state index in [0.717, 1.165) is 0 Å². The van der Waals surface area contributed by atoms with Gasteiger partial charge >= 0.3 is 5.69 Å². The van der Waals surface area contributed by atoms with E-state index in [1.54, 1.807) is 30.5 Å². The van der Waals surface area contributed by atoms with Crippen molar-refractivity contribution in [3.05, 3.63) is 50.2 Å². The first kappa shape index (κ1) is 12.3. The normalized spacial score (nSPS) is 10.1. The molecule has 5 nitrogen and oxygen atoms in total. The van der Waals surface area contributed by atoms with E-state index in [-0.39, 0.29) is 11.4 Å². The molecule has 0 saturated heterocycles. The van der Waals surface area contributed by atoms with E-state index < -0.39 is 4.92 Å². The van der Waals surface area contributed by atoms with Crippen LogP contribution in [0, 0.1) is 17.0 Å². The van der Waals surface area contributed by atoms with E-state index in [1.807, 2.05) is 0 Å². The lowest BCUT2D eigenvalue weighted by atomic mass is 10.2. The predicted octanol–water partition coefficient (Wildman–Crippen LogP) is 3.57. The highest BCUT2D eigenvalue weighted by Gasteiger charge is 2.18. The summed E-state index contributed by atoms with van der Waals surface area (Å²) < 4.78 is 5.49. The fourth-order valence-corrected chi connectivity index (χ4v) is 2.09. The Labute approximate surface area is 107 Å². The molecule has 1 heterocycles. The lowest BCUT2D eigenvalue weighted by molar-refractivity contribution is -0.385. The van der Waals surface area contributed by atoms with Crippen LogP contribution in [-0.4, -0.2) is 11.2 Å². The molecule has 0 saturated carbocycles. The van der Waals surface area contributed by atoms with Crippen LogP contribution in [0.2, 0.25) is 0 Å². The third-order valence-corrected chi connectivity index (χ3v) is 3.16. The zero-order chi connectivity index (χ0) is 13.1. The third kappa shape index (κ3) is 2.38. The van der Waals surface area contributed by atoms with Crippen molar-refractivity contribution in [3.8, 4) is 11.5 Å². The zero-order valence-electron chi connectivity index (χ0n) is 9.45. The number of hydrogen-bond donors (Lipinski definition) is 0. The van der Waals surface area contributed by atoms with Crippen LogP contribution < -0.4 is 4.74 Å². The minimum Gasteiger partial charge on any atom is -0.449 e. The van der Waals surface area contributed by atoms with Gasteiger partial charge < -0.3 is 4.74 Å². The number of nitro groups is 1. The summed E-state index contributed by atoms with van der Waals surface area (Å²) in [4.78, 5) is 21.5. The standard InChI is InChI=1S/C12H9NO4S/c1-8-3-2-4-11(13(15)16)12(8)17-9-5-10(6-14)18-7-9/h2-7H,1H3. The number of thiophene rings is 1. The molecular weight excluding hydrogens is 254 g/mol. The van der Waals surface area contributed by atoms with Gasteiger partial charge in [0.2, 0.25) is 5.75 Å². The van der Waals surface area contributed by atoms with Gasteiger partial charge in [-0.2, -0.15) is 0 Å². The summed E-state index contributed by atoms with van der Waals surface area (Å²) in [5.74, 6) is 0.636. The fourth-order valence-electron chi connectivity index (χ4n) is 1.48. The number of aryl methyl sites for hydroxylation is 1. The Bertz CT molecular complexity index is 606. The topological polar surface area (TPSA) is 69.4 Å². The molecule has 0 N–H and O–H groups in total. The molecule has 0 aliphatic rings. The monoisotopic (exact) mass is 263 g/mol. The molecule has 0 amide bonds. The van der Waals surface area contributed by atoms with Gasteiger partial charge in [-0.1, -0.05) is 12.1 Å². The summed E-state index contributed by atoms with van der Waals surface area (Å²) in [6.45, 7) is 1.73. The maximum absolute atomic E-state index is 10.9. The molecule has 2 rings (SSSR count). The van der Waals surface area contributed by atoms with Crippen molar-refractivity contribution in [2.24, 2.45) is 0 Å². The van der Waals surface area contributed by atoms with Gasteiger partial charge in [-0.15, -0.1) is 11.3 Å². The van der Waals surface area contributed by atoms with Crippen molar-refractivity contribution >= 4 is 23.3 Å². The highest BCUT2D eigenvalue weighted by Crippen LogP contribution is 2.35. The number of nitrogens with zero attached hydrogens (tertiary/aromatic N) is 1. The van der Waals surface area contributed by atoms with Crippen LogP contribution in [0.3, 0.4) is 0 Å². The Kier molecular flexibility index (Phi) is 3.38. The molecule has 2 aromatic rings. The second-order valence-electron chi connectivity index (χ2n) is 3.58. The first-order valence-corrected chi connectivity index (χ1v) is 5.95. The lowest BCUT2D eigenvalue weighted by Gasteiger charge is -2.06. The molecule has 0 fully saturated rings. The zero-order valence-corrected chi connectivity index (χ0v) is 10.3. The molecule has 1 aromatic carbocycles. The molecule has 1 aromatic heterocycles. The molecule has 0 aliphatic heterocycles. The molecule has 0 radical (unpaired) electrons. The smallest absolute Gasteiger partial charge is 0.311 e. The number of rotatable bonds is 4. The summed E-state index contributed by atoms with van der Waals surface area (Å²) >= 11 is 1.23. The summed E-state index contributed by atoms with van der Waals surface area (Å²) in [5.41, 5.74) is 0.580. The van der Waals surface area contributed by atoms with E-state index in [2.05, 4.69) is 0 Å². The second-order valence-corrected chi connectivity index (χ2v) is 4.53. The van der Waals surface area contributed by atoms with Crippen molar-refractivity contribution in [1.82, 2.24) is 0 Å². The Morgan fingerprint density at radius 2 is 2.22 bits per heavy atom. The quantitative estimate of drug-likeness (QED) is 0.480. The van der Waals surface area contributed by atoms with E-state index in [9.17, 15) is 14.9 Å². The van der Waals surface area contributed by atoms with E-state index in [0.29, 0.717) is 22.5 Å². The predicted molar refractivity (Wildman–Crippen MR) is 67.6 cm³/mol. The van der Waals surface area contributed by atoms with Gasteiger partial charge in [-0.25, -0.2) is 0 Å². The van der Waals surface area contributed by atoms with Crippen molar-refractivity contribution in [1.29, 1.82) is 0 Å². The molecule has 0 aliphatic carbocycles. The van der Waals surface area contributed by atoms with Crippen LogP contribution >= 0.6 is 11.3 Å². The van der Waals surface area contributed by atoms with Crippen molar-refractivity contribution in [2.45, 2.75) is 6.92 Å². The minimum absolute atomic E-state index is 0.0890. The van der Waals surface area contributed by atoms with Crippen LogP contribution in [-0.2, 0) is 0 Å².